The molecule has 132 valence electrons. The second-order valence-corrected chi connectivity index (χ2v) is 7.08. The average Bonchev–Trinajstić information content (AvgIpc) is 3.02. The number of piperidine rings is 1. The lowest BCUT2D eigenvalue weighted by molar-refractivity contribution is 0.0725. The summed E-state index contributed by atoms with van der Waals surface area (Å²) in [6.45, 7) is 4.61. The number of anilines is 1. The van der Waals surface area contributed by atoms with Gasteiger partial charge in [-0.1, -0.05) is 0 Å². The molecule has 0 aromatic carbocycles. The molecule has 0 aliphatic carbocycles. The van der Waals surface area contributed by atoms with Crippen LogP contribution in [0.4, 0.5) is 5.82 Å². The number of imidazole rings is 1. The third kappa shape index (κ3) is 3.38. The molecule has 4 rings (SSSR count). The van der Waals surface area contributed by atoms with Gasteiger partial charge in [0.25, 0.3) is 5.91 Å². The summed E-state index contributed by atoms with van der Waals surface area (Å²) in [7, 11) is 0. The molecular formula is C19H25N5O. The van der Waals surface area contributed by atoms with Gasteiger partial charge in [-0.2, -0.15) is 0 Å². The number of aryl methyl sites for hydroxylation is 2. The van der Waals surface area contributed by atoms with E-state index in [1.165, 1.54) is 6.42 Å². The first-order chi connectivity index (χ1) is 12.2. The fourth-order valence-corrected chi connectivity index (χ4v) is 3.86. The Hall–Kier alpha value is -2.37. The molecule has 1 N–H and O–H groups in total. The lowest BCUT2D eigenvalue weighted by Gasteiger charge is -2.29. The number of nitrogens with zero attached hydrogens (tertiary/aromatic N) is 4. The molecule has 0 bridgehead atoms. The Morgan fingerprint density at radius 3 is 2.96 bits per heavy atom. The monoisotopic (exact) mass is 339 g/mol. The second-order valence-electron chi connectivity index (χ2n) is 7.08. The minimum atomic E-state index is 0.102. The van der Waals surface area contributed by atoms with Gasteiger partial charge in [-0.25, -0.2) is 9.97 Å². The van der Waals surface area contributed by atoms with Crippen LogP contribution in [0.15, 0.2) is 24.5 Å². The minimum absolute atomic E-state index is 0.102. The van der Waals surface area contributed by atoms with E-state index in [0.717, 1.165) is 56.8 Å². The van der Waals surface area contributed by atoms with E-state index in [2.05, 4.69) is 26.0 Å². The fraction of sp³-hybridized carbons (Fsp3) is 0.526. The second kappa shape index (κ2) is 6.86. The van der Waals surface area contributed by atoms with Crippen molar-refractivity contribution in [3.8, 4) is 0 Å². The number of fused-ring (bicyclic) bond motifs is 1. The van der Waals surface area contributed by atoms with Crippen LogP contribution in [0.3, 0.4) is 0 Å². The van der Waals surface area contributed by atoms with Crippen LogP contribution >= 0.6 is 0 Å². The molecule has 0 radical (unpaired) electrons. The lowest BCUT2D eigenvalue weighted by atomic mass is 10.1. The third-order valence-electron chi connectivity index (χ3n) is 5.14. The quantitative estimate of drug-likeness (QED) is 0.934. The number of aromatic nitrogens is 3. The number of nitrogens with one attached hydrogen (secondary N) is 1. The van der Waals surface area contributed by atoms with Crippen LogP contribution in [-0.2, 0) is 13.0 Å². The number of likely N-dealkylation sites (tertiary alicyclic amines) is 1. The maximum Gasteiger partial charge on any atom is 0.257 e. The smallest absolute Gasteiger partial charge is 0.257 e. The van der Waals surface area contributed by atoms with Gasteiger partial charge in [0, 0.05) is 44.5 Å². The van der Waals surface area contributed by atoms with E-state index in [0.29, 0.717) is 11.4 Å². The van der Waals surface area contributed by atoms with Gasteiger partial charge >= 0.3 is 0 Å². The molecule has 25 heavy (non-hydrogen) atoms. The van der Waals surface area contributed by atoms with Gasteiger partial charge in [0.1, 0.15) is 11.6 Å². The maximum atomic E-state index is 12.9. The summed E-state index contributed by atoms with van der Waals surface area (Å²) < 4.78 is 2.21. The van der Waals surface area contributed by atoms with Crippen LogP contribution in [0.2, 0.25) is 0 Å². The molecule has 2 aliphatic heterocycles. The predicted octanol–water partition coefficient (Wildman–Crippen LogP) is 2.64. The topological polar surface area (TPSA) is 63.1 Å². The summed E-state index contributed by atoms with van der Waals surface area (Å²) in [5.41, 5.74) is 1.76. The molecule has 1 atom stereocenters. The number of hydrogen-bond acceptors (Lipinski definition) is 4. The molecule has 1 unspecified atom stereocenters. The van der Waals surface area contributed by atoms with E-state index in [9.17, 15) is 4.79 Å². The lowest BCUT2D eigenvalue weighted by Crippen LogP contribution is -2.37. The Labute approximate surface area is 148 Å². The molecular weight excluding hydrogens is 314 g/mol. The molecule has 0 spiro atoms. The highest BCUT2D eigenvalue weighted by atomic mass is 16.2. The summed E-state index contributed by atoms with van der Waals surface area (Å²) in [6.07, 6.45) is 9.22. The SMILES string of the molecule is Cc1cn2c(n1)CCC(Nc1ncccc1C(=O)N1CCCCC1)C2. The van der Waals surface area contributed by atoms with Crippen LogP contribution in [-0.4, -0.2) is 44.5 Å². The number of carbonyl (C=O) groups excluding carboxylic acids is 1. The Balaban J connectivity index is 1.50. The first kappa shape index (κ1) is 16.1. The van der Waals surface area contributed by atoms with Gasteiger partial charge in [-0.15, -0.1) is 0 Å². The van der Waals surface area contributed by atoms with Gasteiger partial charge in [0.05, 0.1) is 11.3 Å². The number of pyridine rings is 1. The Morgan fingerprint density at radius 2 is 2.12 bits per heavy atom. The van der Waals surface area contributed by atoms with Crippen molar-refractivity contribution in [2.45, 2.75) is 51.6 Å². The molecule has 6 heteroatoms. The number of rotatable bonds is 3. The van der Waals surface area contributed by atoms with Crippen LogP contribution in [0.1, 0.15) is 47.6 Å². The average molecular weight is 339 g/mol. The molecule has 6 nitrogen and oxygen atoms in total. The zero-order valence-corrected chi connectivity index (χ0v) is 14.7. The normalized spacial score (nSPS) is 20.2. The van der Waals surface area contributed by atoms with Crippen molar-refractivity contribution >= 4 is 11.7 Å². The largest absolute Gasteiger partial charge is 0.365 e. The summed E-state index contributed by atoms with van der Waals surface area (Å²) >= 11 is 0. The Bertz CT molecular complexity index is 763. The Kier molecular flexibility index (Phi) is 4.42. The number of amides is 1. The number of carbonyl (C=O) groups is 1. The van der Waals surface area contributed by atoms with E-state index in [1.54, 1.807) is 6.20 Å². The van der Waals surface area contributed by atoms with E-state index in [4.69, 9.17) is 0 Å². The highest BCUT2D eigenvalue weighted by Crippen LogP contribution is 2.22. The highest BCUT2D eigenvalue weighted by Gasteiger charge is 2.24. The first-order valence-corrected chi connectivity index (χ1v) is 9.24. The van der Waals surface area contributed by atoms with Crippen LogP contribution in [0.25, 0.3) is 0 Å². The van der Waals surface area contributed by atoms with E-state index in [1.807, 2.05) is 24.0 Å². The van der Waals surface area contributed by atoms with Crippen molar-refractivity contribution in [3.63, 3.8) is 0 Å². The molecule has 1 amide bonds. The van der Waals surface area contributed by atoms with Gasteiger partial charge in [-0.3, -0.25) is 4.79 Å². The third-order valence-corrected chi connectivity index (χ3v) is 5.14. The van der Waals surface area contributed by atoms with Gasteiger partial charge < -0.3 is 14.8 Å². The highest BCUT2D eigenvalue weighted by molar-refractivity contribution is 5.98. The van der Waals surface area contributed by atoms with Crippen molar-refractivity contribution in [1.82, 2.24) is 19.4 Å². The molecule has 2 aromatic rings. The first-order valence-electron chi connectivity index (χ1n) is 9.24. The van der Waals surface area contributed by atoms with Gasteiger partial charge in [0.15, 0.2) is 0 Å². The Morgan fingerprint density at radius 1 is 1.28 bits per heavy atom. The minimum Gasteiger partial charge on any atom is -0.365 e. The van der Waals surface area contributed by atoms with E-state index < -0.39 is 0 Å². The molecule has 0 saturated carbocycles. The van der Waals surface area contributed by atoms with Crippen LogP contribution in [0.5, 0.6) is 0 Å². The molecule has 4 heterocycles. The number of hydrogen-bond donors (Lipinski definition) is 1. The maximum absolute atomic E-state index is 12.9. The molecule has 1 fully saturated rings. The van der Waals surface area contributed by atoms with Crippen molar-refractivity contribution in [2.24, 2.45) is 0 Å². The van der Waals surface area contributed by atoms with Crippen molar-refractivity contribution in [3.05, 3.63) is 41.6 Å². The standard InChI is InChI=1S/C19H25N5O/c1-14-12-24-13-15(7-8-17(24)21-14)22-18-16(6-5-9-20-18)19(25)23-10-3-2-4-11-23/h5-6,9,12,15H,2-4,7-8,10-11,13H2,1H3,(H,20,22). The summed E-state index contributed by atoms with van der Waals surface area (Å²) in [6, 6.07) is 4.01. The fourth-order valence-electron chi connectivity index (χ4n) is 3.86. The summed E-state index contributed by atoms with van der Waals surface area (Å²) in [5.74, 6) is 1.97. The van der Waals surface area contributed by atoms with Gasteiger partial charge in [-0.05, 0) is 44.7 Å². The zero-order chi connectivity index (χ0) is 17.2. The predicted molar refractivity (Wildman–Crippen MR) is 96.7 cm³/mol. The van der Waals surface area contributed by atoms with Crippen molar-refractivity contribution < 1.29 is 4.79 Å². The molecule has 2 aliphatic rings. The van der Waals surface area contributed by atoms with Crippen LogP contribution < -0.4 is 5.32 Å². The molecule has 1 saturated heterocycles. The molecule has 2 aromatic heterocycles. The van der Waals surface area contributed by atoms with E-state index in [-0.39, 0.29) is 11.9 Å². The summed E-state index contributed by atoms with van der Waals surface area (Å²) in [4.78, 5) is 23.9. The van der Waals surface area contributed by atoms with Gasteiger partial charge in [0.2, 0.25) is 0 Å². The van der Waals surface area contributed by atoms with Crippen molar-refractivity contribution in [2.75, 3.05) is 18.4 Å². The van der Waals surface area contributed by atoms with Crippen LogP contribution in [0, 0.1) is 6.92 Å². The zero-order valence-electron chi connectivity index (χ0n) is 14.7. The summed E-state index contributed by atoms with van der Waals surface area (Å²) in [5, 5.41) is 3.51. The van der Waals surface area contributed by atoms with Crippen molar-refractivity contribution in [1.29, 1.82) is 0 Å². The van der Waals surface area contributed by atoms with E-state index >= 15 is 0 Å².